The first-order valence-corrected chi connectivity index (χ1v) is 14.6. The van der Waals surface area contributed by atoms with Crippen LogP contribution < -0.4 is 4.90 Å². The van der Waals surface area contributed by atoms with Crippen molar-refractivity contribution in [2.45, 2.75) is 47.0 Å². The molecule has 0 aliphatic carbocycles. The monoisotopic (exact) mass is 548 g/mol. The molecule has 0 N–H and O–H groups in total. The van der Waals surface area contributed by atoms with Crippen LogP contribution >= 0.6 is 0 Å². The second-order valence-electron chi connectivity index (χ2n) is 11.6. The lowest BCUT2D eigenvalue weighted by molar-refractivity contribution is 0.616. The minimum absolute atomic E-state index is 0.289. The van der Waals surface area contributed by atoms with Gasteiger partial charge in [-0.15, -0.1) is 0 Å². The van der Waals surface area contributed by atoms with Gasteiger partial charge in [-0.3, -0.25) is 4.90 Å². The first kappa shape index (κ1) is 28.8. The van der Waals surface area contributed by atoms with Gasteiger partial charge in [0.2, 0.25) is 0 Å². The number of hydrogen-bond donors (Lipinski definition) is 0. The fourth-order valence-electron chi connectivity index (χ4n) is 6.05. The standard InChI is InChI=1S/C40H40N2/c1-9-14-34(27(3)4)35-25-31(18-17-28(35)5)29-19-21-30(22-20-29)32-23-24-38-37(26-32)40(6,7)36(10-2)39(41-8)42(38)33-15-12-11-13-16-33/h9-26H,2,8H2,1,3-7H3/b14-9-. The highest BCUT2D eigenvalue weighted by Crippen LogP contribution is 2.49. The van der Waals surface area contributed by atoms with Crippen LogP contribution in [0.4, 0.5) is 11.4 Å². The van der Waals surface area contributed by atoms with E-state index in [0.717, 1.165) is 22.8 Å². The summed E-state index contributed by atoms with van der Waals surface area (Å²) in [6.07, 6.45) is 6.25. The molecule has 0 unspecified atom stereocenters. The average molecular weight is 549 g/mol. The number of aryl methyl sites for hydroxylation is 1. The third kappa shape index (κ3) is 5.10. The van der Waals surface area contributed by atoms with Crippen molar-refractivity contribution in [2.75, 3.05) is 4.90 Å². The molecule has 0 atom stereocenters. The van der Waals surface area contributed by atoms with Crippen molar-refractivity contribution in [1.82, 2.24) is 0 Å². The molecule has 0 saturated heterocycles. The molecule has 0 radical (unpaired) electrons. The van der Waals surface area contributed by atoms with Crippen molar-refractivity contribution in [1.29, 1.82) is 0 Å². The van der Waals surface area contributed by atoms with Crippen LogP contribution in [-0.4, -0.2) is 6.72 Å². The van der Waals surface area contributed by atoms with E-state index in [4.69, 9.17) is 0 Å². The van der Waals surface area contributed by atoms with Crippen LogP contribution in [0.1, 0.15) is 51.3 Å². The van der Waals surface area contributed by atoms with Crippen LogP contribution in [-0.2, 0) is 5.41 Å². The first-order chi connectivity index (χ1) is 20.2. The van der Waals surface area contributed by atoms with Gasteiger partial charge >= 0.3 is 0 Å². The normalized spacial score (nSPS) is 14.1. The smallest absolute Gasteiger partial charge is 0.140 e. The summed E-state index contributed by atoms with van der Waals surface area (Å²) in [5.74, 6) is 0.828. The third-order valence-electron chi connectivity index (χ3n) is 8.36. The van der Waals surface area contributed by atoms with Gasteiger partial charge in [0.05, 0.1) is 5.69 Å². The molecule has 2 nitrogen and oxygen atoms in total. The van der Waals surface area contributed by atoms with E-state index in [9.17, 15) is 0 Å². The Bertz CT molecular complexity index is 1740. The van der Waals surface area contributed by atoms with Crippen molar-refractivity contribution in [3.63, 3.8) is 0 Å². The maximum atomic E-state index is 4.49. The maximum absolute atomic E-state index is 4.49. The SMILES string of the molecule is C=CC1=C(N=C)N(c2ccccc2)c2ccc(-c3ccc(-c4ccc(C)c(C(/C=C\C)=C(C)C)c4)cc3)cc2C1(C)C. The van der Waals surface area contributed by atoms with E-state index in [1.807, 2.05) is 12.1 Å². The van der Waals surface area contributed by atoms with Crippen LogP contribution in [0.5, 0.6) is 0 Å². The number of hydrogen-bond acceptors (Lipinski definition) is 2. The summed E-state index contributed by atoms with van der Waals surface area (Å²) in [7, 11) is 0. The molecule has 0 bridgehead atoms. The molecule has 0 aromatic heterocycles. The van der Waals surface area contributed by atoms with Gasteiger partial charge in [-0.1, -0.05) is 105 Å². The van der Waals surface area contributed by atoms with Gasteiger partial charge in [0.15, 0.2) is 0 Å². The Morgan fingerprint density at radius 2 is 1.40 bits per heavy atom. The number of nitrogens with zero attached hydrogens (tertiary/aromatic N) is 2. The predicted octanol–water partition coefficient (Wildman–Crippen LogP) is 11.2. The molecule has 210 valence electrons. The maximum Gasteiger partial charge on any atom is 0.140 e. The molecular formula is C40H40N2. The van der Waals surface area contributed by atoms with Crippen LogP contribution in [0, 0.1) is 6.92 Å². The molecule has 0 amide bonds. The number of anilines is 2. The van der Waals surface area contributed by atoms with Crippen LogP contribution in [0.2, 0.25) is 0 Å². The Morgan fingerprint density at radius 3 is 1.98 bits per heavy atom. The number of para-hydroxylation sites is 1. The second-order valence-corrected chi connectivity index (χ2v) is 11.6. The highest BCUT2D eigenvalue weighted by Gasteiger charge is 2.38. The minimum atomic E-state index is -0.289. The molecule has 42 heavy (non-hydrogen) atoms. The lowest BCUT2D eigenvalue weighted by Crippen LogP contribution is -2.33. The van der Waals surface area contributed by atoms with E-state index < -0.39 is 0 Å². The Morgan fingerprint density at radius 1 is 0.810 bits per heavy atom. The van der Waals surface area contributed by atoms with E-state index in [2.05, 4.69) is 162 Å². The lowest BCUT2D eigenvalue weighted by atomic mass is 9.73. The number of allylic oxidation sites excluding steroid dienone is 6. The second kappa shape index (κ2) is 11.7. The van der Waals surface area contributed by atoms with Crippen LogP contribution in [0.15, 0.2) is 138 Å². The van der Waals surface area contributed by atoms with E-state index in [0.29, 0.717) is 0 Å². The predicted molar refractivity (Wildman–Crippen MR) is 184 cm³/mol. The highest BCUT2D eigenvalue weighted by atomic mass is 15.2. The Labute approximate surface area is 251 Å². The van der Waals surface area contributed by atoms with Gasteiger partial charge < -0.3 is 0 Å². The van der Waals surface area contributed by atoms with Crippen LogP contribution in [0.25, 0.3) is 27.8 Å². The molecule has 2 heteroatoms. The molecule has 4 aromatic carbocycles. The van der Waals surface area contributed by atoms with Crippen molar-refractivity contribution in [2.24, 2.45) is 4.99 Å². The molecule has 1 heterocycles. The zero-order valence-corrected chi connectivity index (χ0v) is 25.7. The van der Waals surface area contributed by atoms with Crippen molar-refractivity contribution >= 4 is 23.7 Å². The fraction of sp³-hybridized carbons (Fsp3) is 0.175. The van der Waals surface area contributed by atoms with Crippen molar-refractivity contribution < 1.29 is 0 Å². The molecule has 0 saturated carbocycles. The van der Waals surface area contributed by atoms with E-state index in [1.54, 1.807) is 0 Å². The zero-order chi connectivity index (χ0) is 30.0. The van der Waals surface area contributed by atoms with Gasteiger partial charge in [0.1, 0.15) is 5.82 Å². The van der Waals surface area contributed by atoms with Crippen molar-refractivity contribution in [3.05, 3.63) is 149 Å². The van der Waals surface area contributed by atoms with Gasteiger partial charge in [-0.25, -0.2) is 4.99 Å². The first-order valence-electron chi connectivity index (χ1n) is 14.6. The molecule has 5 rings (SSSR count). The Balaban J connectivity index is 1.56. The number of fused-ring (bicyclic) bond motifs is 1. The zero-order valence-electron chi connectivity index (χ0n) is 25.7. The number of benzene rings is 4. The van der Waals surface area contributed by atoms with E-state index in [1.165, 1.54) is 50.1 Å². The summed E-state index contributed by atoms with van der Waals surface area (Å²) >= 11 is 0. The Hall–Kier alpha value is -4.69. The lowest BCUT2D eigenvalue weighted by Gasteiger charge is -2.41. The largest absolute Gasteiger partial charge is 0.295 e. The molecule has 0 fully saturated rings. The number of rotatable bonds is 7. The summed E-state index contributed by atoms with van der Waals surface area (Å²) in [6, 6.07) is 32.8. The quantitative estimate of drug-likeness (QED) is 0.166. The fourth-order valence-corrected chi connectivity index (χ4v) is 6.05. The Kier molecular flexibility index (Phi) is 8.00. The summed E-state index contributed by atoms with van der Waals surface area (Å²) in [4.78, 5) is 6.69. The minimum Gasteiger partial charge on any atom is -0.295 e. The summed E-state index contributed by atoms with van der Waals surface area (Å²) in [6.45, 7) is 21.2. The molecule has 1 aliphatic rings. The highest BCUT2D eigenvalue weighted by molar-refractivity contribution is 5.83. The topological polar surface area (TPSA) is 15.6 Å². The van der Waals surface area contributed by atoms with Gasteiger partial charge in [-0.2, -0.15) is 0 Å². The van der Waals surface area contributed by atoms with Gasteiger partial charge in [0.25, 0.3) is 0 Å². The molecule has 1 aliphatic heterocycles. The number of aliphatic imine (C=N–C) groups is 1. The summed E-state index contributed by atoms with van der Waals surface area (Å²) in [5.41, 5.74) is 14.1. The van der Waals surface area contributed by atoms with E-state index in [-0.39, 0.29) is 5.41 Å². The third-order valence-corrected chi connectivity index (χ3v) is 8.36. The molecule has 4 aromatic rings. The molecular weight excluding hydrogens is 508 g/mol. The summed E-state index contributed by atoms with van der Waals surface area (Å²) in [5, 5.41) is 0. The molecule has 0 spiro atoms. The van der Waals surface area contributed by atoms with Crippen molar-refractivity contribution in [3.8, 4) is 22.3 Å². The van der Waals surface area contributed by atoms with E-state index >= 15 is 0 Å². The van der Waals surface area contributed by atoms with Crippen LogP contribution in [0.3, 0.4) is 0 Å². The van der Waals surface area contributed by atoms with Gasteiger partial charge in [0, 0.05) is 16.7 Å². The average Bonchev–Trinajstić information content (AvgIpc) is 3.00. The summed E-state index contributed by atoms with van der Waals surface area (Å²) < 4.78 is 0. The van der Waals surface area contributed by atoms with Gasteiger partial charge in [-0.05, 0) is 109 Å².